The Morgan fingerprint density at radius 1 is 1.05 bits per heavy atom. The van der Waals surface area contributed by atoms with Gasteiger partial charge in [-0.15, -0.1) is 0 Å². The van der Waals surface area contributed by atoms with Gasteiger partial charge in [0.1, 0.15) is 0 Å². The van der Waals surface area contributed by atoms with Crippen molar-refractivity contribution in [3.63, 3.8) is 0 Å². The highest BCUT2D eigenvalue weighted by molar-refractivity contribution is 8.18. The third kappa shape index (κ3) is 6.34. The zero-order valence-electron chi connectivity index (χ0n) is 20.5. The average molecular weight is 537 g/mol. The van der Waals surface area contributed by atoms with Gasteiger partial charge in [0, 0.05) is 10.7 Å². The van der Waals surface area contributed by atoms with Crippen molar-refractivity contribution in [2.24, 2.45) is 0 Å². The van der Waals surface area contributed by atoms with Crippen LogP contribution in [0.2, 0.25) is 5.02 Å². The normalized spacial score (nSPS) is 14.3. The average Bonchev–Trinajstić information content (AvgIpc) is 3.14. The Morgan fingerprint density at radius 3 is 2.54 bits per heavy atom. The summed E-state index contributed by atoms with van der Waals surface area (Å²) in [6, 6.07) is 17.8. The Labute approximate surface area is 224 Å². The summed E-state index contributed by atoms with van der Waals surface area (Å²) in [7, 11) is 1.49. The molecule has 0 aromatic heterocycles. The minimum Gasteiger partial charge on any atom is -0.493 e. The largest absolute Gasteiger partial charge is 0.493 e. The van der Waals surface area contributed by atoms with Crippen LogP contribution in [-0.4, -0.2) is 35.7 Å². The lowest BCUT2D eigenvalue weighted by atomic mass is 10.1. The number of benzene rings is 3. The Kier molecular flexibility index (Phi) is 8.21. The van der Waals surface area contributed by atoms with E-state index >= 15 is 0 Å². The summed E-state index contributed by atoms with van der Waals surface area (Å²) in [5.74, 6) is 0.113. The highest BCUT2D eigenvalue weighted by atomic mass is 35.5. The van der Waals surface area contributed by atoms with E-state index in [9.17, 15) is 14.4 Å². The summed E-state index contributed by atoms with van der Waals surface area (Å²) in [6.45, 7) is 3.89. The lowest BCUT2D eigenvalue weighted by molar-refractivity contribution is -0.123. The number of anilines is 1. The highest BCUT2D eigenvalue weighted by Gasteiger charge is 2.35. The SMILES string of the molecule is COc1cc(/C=C2\SC(=O)N(Cc3ccc(Cl)cc3)C2=O)ccc1OCC(=O)Nc1cccc(C)c1C. The molecule has 0 saturated carbocycles. The molecule has 1 aliphatic rings. The van der Waals surface area contributed by atoms with Crippen molar-refractivity contribution in [3.05, 3.63) is 92.8 Å². The number of nitrogens with one attached hydrogen (secondary N) is 1. The number of imide groups is 1. The molecule has 0 atom stereocenters. The van der Waals surface area contributed by atoms with Crippen molar-refractivity contribution in [3.8, 4) is 11.5 Å². The molecule has 3 aromatic rings. The van der Waals surface area contributed by atoms with Crippen molar-refractivity contribution in [2.75, 3.05) is 19.0 Å². The molecule has 1 saturated heterocycles. The molecule has 1 aliphatic heterocycles. The van der Waals surface area contributed by atoms with Crippen molar-refractivity contribution in [1.82, 2.24) is 4.90 Å². The molecule has 0 bridgehead atoms. The molecule has 0 unspecified atom stereocenters. The Morgan fingerprint density at radius 2 is 1.81 bits per heavy atom. The molecule has 4 rings (SSSR count). The molecule has 0 radical (unpaired) electrons. The molecule has 190 valence electrons. The van der Waals surface area contributed by atoms with Gasteiger partial charge in [0.25, 0.3) is 17.1 Å². The van der Waals surface area contributed by atoms with E-state index in [4.69, 9.17) is 21.1 Å². The van der Waals surface area contributed by atoms with Crippen LogP contribution < -0.4 is 14.8 Å². The number of carbonyl (C=O) groups excluding carboxylic acids is 3. The minimum atomic E-state index is -0.368. The maximum absolute atomic E-state index is 12.9. The van der Waals surface area contributed by atoms with Gasteiger partial charge in [-0.05, 0) is 84.3 Å². The number of aryl methyl sites for hydroxylation is 1. The molecule has 3 amide bonds. The van der Waals surface area contributed by atoms with E-state index in [2.05, 4.69) is 5.32 Å². The van der Waals surface area contributed by atoms with Crippen molar-refractivity contribution < 1.29 is 23.9 Å². The first kappa shape index (κ1) is 26.3. The molecule has 3 aromatic carbocycles. The molecule has 0 spiro atoms. The zero-order valence-corrected chi connectivity index (χ0v) is 22.1. The van der Waals surface area contributed by atoms with E-state index in [-0.39, 0.29) is 30.2 Å². The van der Waals surface area contributed by atoms with E-state index in [1.807, 2.05) is 32.0 Å². The van der Waals surface area contributed by atoms with Gasteiger partial charge in [0.05, 0.1) is 18.6 Å². The zero-order chi connectivity index (χ0) is 26.5. The first-order valence-corrected chi connectivity index (χ1v) is 12.6. The number of thioether (sulfide) groups is 1. The fourth-order valence-electron chi connectivity index (χ4n) is 3.67. The van der Waals surface area contributed by atoms with Gasteiger partial charge in [-0.25, -0.2) is 0 Å². The molecule has 1 N–H and O–H groups in total. The monoisotopic (exact) mass is 536 g/mol. The topological polar surface area (TPSA) is 84.9 Å². The molecule has 1 heterocycles. The predicted molar refractivity (Wildman–Crippen MR) is 146 cm³/mol. The van der Waals surface area contributed by atoms with Crippen molar-refractivity contribution in [1.29, 1.82) is 0 Å². The van der Waals surface area contributed by atoms with Crippen LogP contribution in [-0.2, 0) is 16.1 Å². The second-order valence-electron chi connectivity index (χ2n) is 8.39. The summed E-state index contributed by atoms with van der Waals surface area (Å²) < 4.78 is 11.1. The fraction of sp³-hybridized carbons (Fsp3) is 0.179. The van der Waals surface area contributed by atoms with Gasteiger partial charge in [0.2, 0.25) is 0 Å². The van der Waals surface area contributed by atoms with Crippen molar-refractivity contribution in [2.45, 2.75) is 20.4 Å². The maximum Gasteiger partial charge on any atom is 0.293 e. The van der Waals surface area contributed by atoms with Gasteiger partial charge in [-0.2, -0.15) is 0 Å². The number of methoxy groups -OCH3 is 1. The number of carbonyl (C=O) groups is 3. The second-order valence-corrected chi connectivity index (χ2v) is 9.82. The number of nitrogens with zero attached hydrogens (tertiary/aromatic N) is 1. The van der Waals surface area contributed by atoms with Crippen LogP contribution in [0.4, 0.5) is 10.5 Å². The van der Waals surface area contributed by atoms with Crippen LogP contribution in [0, 0.1) is 13.8 Å². The van der Waals surface area contributed by atoms with Gasteiger partial charge in [-0.1, -0.05) is 41.9 Å². The summed E-state index contributed by atoms with van der Waals surface area (Å²) in [4.78, 5) is 39.3. The summed E-state index contributed by atoms with van der Waals surface area (Å²) >= 11 is 6.80. The molecule has 37 heavy (non-hydrogen) atoms. The van der Waals surface area contributed by atoms with Gasteiger partial charge < -0.3 is 14.8 Å². The first-order chi connectivity index (χ1) is 17.7. The van der Waals surface area contributed by atoms with E-state index < -0.39 is 0 Å². The summed E-state index contributed by atoms with van der Waals surface area (Å²) in [5, 5.41) is 3.10. The third-order valence-corrected chi connectivity index (χ3v) is 7.01. The van der Waals surface area contributed by atoms with E-state index in [0.717, 1.165) is 34.1 Å². The standard InChI is InChI=1S/C28H25ClN2O5S/c1-17-5-4-6-22(18(17)2)30-26(32)16-36-23-12-9-20(13-24(23)35-3)14-25-27(33)31(28(34)37-25)15-19-7-10-21(29)11-8-19/h4-14H,15-16H2,1-3H3,(H,30,32)/b25-14-. The summed E-state index contributed by atoms with van der Waals surface area (Å²) in [6.07, 6.45) is 1.63. The van der Waals surface area contributed by atoms with E-state index in [1.54, 1.807) is 48.5 Å². The Hall–Kier alpha value is -3.75. The van der Waals surface area contributed by atoms with E-state index in [0.29, 0.717) is 27.0 Å². The quantitative estimate of drug-likeness (QED) is 0.344. The highest BCUT2D eigenvalue weighted by Crippen LogP contribution is 2.35. The molecule has 7 nitrogen and oxygen atoms in total. The number of hydrogen-bond donors (Lipinski definition) is 1. The van der Waals surface area contributed by atoms with Crippen LogP contribution in [0.5, 0.6) is 11.5 Å². The number of halogens is 1. The lowest BCUT2D eigenvalue weighted by Crippen LogP contribution is -2.27. The Balaban J connectivity index is 1.42. The van der Waals surface area contributed by atoms with Gasteiger partial charge in [-0.3, -0.25) is 19.3 Å². The van der Waals surface area contributed by atoms with Crippen LogP contribution >= 0.6 is 23.4 Å². The molecule has 1 fully saturated rings. The van der Waals surface area contributed by atoms with Gasteiger partial charge >= 0.3 is 0 Å². The molecule has 0 aliphatic carbocycles. The smallest absolute Gasteiger partial charge is 0.293 e. The Bertz CT molecular complexity index is 1390. The number of amides is 3. The fourth-order valence-corrected chi connectivity index (χ4v) is 4.63. The molecular weight excluding hydrogens is 512 g/mol. The van der Waals surface area contributed by atoms with Crippen LogP contribution in [0.15, 0.2) is 65.6 Å². The van der Waals surface area contributed by atoms with E-state index in [1.165, 1.54) is 12.0 Å². The number of hydrogen-bond acceptors (Lipinski definition) is 6. The first-order valence-electron chi connectivity index (χ1n) is 11.4. The van der Waals surface area contributed by atoms with Gasteiger partial charge in [0.15, 0.2) is 18.1 Å². The minimum absolute atomic E-state index is 0.166. The van der Waals surface area contributed by atoms with Crippen LogP contribution in [0.1, 0.15) is 22.3 Å². The third-order valence-electron chi connectivity index (χ3n) is 5.85. The lowest BCUT2D eigenvalue weighted by Gasteiger charge is -2.13. The maximum atomic E-state index is 12.9. The van der Waals surface area contributed by atoms with Crippen molar-refractivity contribution >= 4 is 52.2 Å². The molecular formula is C28H25ClN2O5S. The number of ether oxygens (including phenoxy) is 2. The molecule has 9 heteroatoms. The van der Waals surface area contributed by atoms with Crippen LogP contribution in [0.25, 0.3) is 6.08 Å². The summed E-state index contributed by atoms with van der Waals surface area (Å²) in [5.41, 5.74) is 4.27. The number of rotatable bonds is 8. The van der Waals surface area contributed by atoms with Crippen LogP contribution in [0.3, 0.4) is 0 Å². The second kappa shape index (κ2) is 11.5. The predicted octanol–water partition coefficient (Wildman–Crippen LogP) is 6.22.